The fourth-order valence-corrected chi connectivity index (χ4v) is 9.25. The van der Waals surface area contributed by atoms with Crippen molar-refractivity contribution in [2.45, 2.75) is 103 Å². The topological polar surface area (TPSA) is 178 Å². The van der Waals surface area contributed by atoms with Crippen LogP contribution in [0.25, 0.3) is 0 Å². The number of piperidine rings is 2. The van der Waals surface area contributed by atoms with E-state index in [2.05, 4.69) is 54.6 Å². The number of rotatable bonds is 13. The van der Waals surface area contributed by atoms with Gasteiger partial charge < -0.3 is 39.2 Å². The molecule has 312 valence electrons. The van der Waals surface area contributed by atoms with Crippen molar-refractivity contribution in [1.29, 1.82) is 5.26 Å². The van der Waals surface area contributed by atoms with Crippen molar-refractivity contribution in [1.82, 2.24) is 16.0 Å². The molecule has 7 rings (SSSR count). The molecule has 2 aliphatic heterocycles. The Morgan fingerprint density at radius 1 is 0.780 bits per heavy atom. The van der Waals surface area contributed by atoms with Gasteiger partial charge in [-0.25, -0.2) is 0 Å². The van der Waals surface area contributed by atoms with Gasteiger partial charge in [0, 0.05) is 72.6 Å². The Hall–Kier alpha value is -5.81. The molecule has 4 fully saturated rings. The van der Waals surface area contributed by atoms with E-state index in [-0.39, 0.29) is 71.5 Å². The third-order valence-corrected chi connectivity index (χ3v) is 12.3. The third-order valence-electron chi connectivity index (χ3n) is 12.3. The van der Waals surface area contributed by atoms with Crippen LogP contribution in [-0.2, 0) is 14.3 Å². The predicted octanol–water partition coefficient (Wildman–Crippen LogP) is 5.32. The zero-order valence-electron chi connectivity index (χ0n) is 34.5. The summed E-state index contributed by atoms with van der Waals surface area (Å²) in [7, 11) is 3.00. The minimum atomic E-state index is -0.781. The van der Waals surface area contributed by atoms with Gasteiger partial charge in [0.25, 0.3) is 11.8 Å². The first-order valence-electron chi connectivity index (χ1n) is 20.3. The van der Waals surface area contributed by atoms with E-state index in [1.165, 1.54) is 14.2 Å². The van der Waals surface area contributed by atoms with Crippen LogP contribution in [0.4, 0.5) is 5.69 Å². The highest BCUT2D eigenvalue weighted by Crippen LogP contribution is 2.55. The van der Waals surface area contributed by atoms with Crippen LogP contribution in [0, 0.1) is 22.2 Å². The van der Waals surface area contributed by atoms with Crippen LogP contribution in [0.2, 0.25) is 0 Å². The molecule has 3 aromatic rings. The predicted molar refractivity (Wildman–Crippen MR) is 218 cm³/mol. The molecule has 0 aromatic heterocycles. The number of anilines is 1. The summed E-state index contributed by atoms with van der Waals surface area (Å²) in [4.78, 5) is 52.3. The van der Waals surface area contributed by atoms with Crippen LogP contribution in [0.1, 0.15) is 92.5 Å². The number of methoxy groups -OCH3 is 2. The Balaban J connectivity index is 0.836. The van der Waals surface area contributed by atoms with E-state index in [4.69, 9.17) is 23.7 Å². The summed E-state index contributed by atoms with van der Waals surface area (Å²) in [6.07, 6.45) is 3.81. The van der Waals surface area contributed by atoms with E-state index in [9.17, 15) is 24.4 Å². The SMILES string of the molecule is COc1cc(O[C@H]2C(C)(C)[C@H](NC(=O)c3ccc(N4CCC(O[C@H]5C[C@H](Oc6ccc(C(=O)NC7CCC(=O)NC7=O)c(OC)c6)C5)CC4)cc3)C2(C)C)ccc1C#N. The molecule has 0 radical (unpaired) electrons. The molecule has 0 bridgehead atoms. The van der Waals surface area contributed by atoms with E-state index in [1.54, 1.807) is 36.4 Å². The minimum absolute atomic E-state index is 0.0154. The van der Waals surface area contributed by atoms with Gasteiger partial charge in [-0.2, -0.15) is 5.26 Å². The molecule has 59 heavy (non-hydrogen) atoms. The Labute approximate surface area is 344 Å². The van der Waals surface area contributed by atoms with Crippen LogP contribution in [0.15, 0.2) is 60.7 Å². The van der Waals surface area contributed by atoms with Crippen molar-refractivity contribution in [3.05, 3.63) is 77.4 Å². The number of nitriles is 1. The molecule has 2 aliphatic carbocycles. The van der Waals surface area contributed by atoms with E-state index < -0.39 is 17.9 Å². The number of ether oxygens (including phenoxy) is 5. The Morgan fingerprint density at radius 3 is 2.07 bits per heavy atom. The van der Waals surface area contributed by atoms with Crippen LogP contribution in [0.5, 0.6) is 23.0 Å². The van der Waals surface area contributed by atoms with Gasteiger partial charge in [0.1, 0.15) is 47.3 Å². The van der Waals surface area contributed by atoms with Crippen LogP contribution in [0.3, 0.4) is 0 Å². The quantitative estimate of drug-likeness (QED) is 0.191. The molecule has 3 aromatic carbocycles. The monoisotopic (exact) mass is 807 g/mol. The Bertz CT molecular complexity index is 2100. The summed E-state index contributed by atoms with van der Waals surface area (Å²) in [5.74, 6) is 0.543. The molecule has 2 heterocycles. The molecule has 14 nitrogen and oxygen atoms in total. The molecule has 0 spiro atoms. The lowest BCUT2D eigenvalue weighted by Gasteiger charge is -2.63. The molecular weight excluding hydrogens is 755 g/mol. The zero-order chi connectivity index (χ0) is 42.1. The maximum atomic E-state index is 13.5. The number of benzene rings is 3. The normalized spacial score (nSPS) is 24.6. The maximum Gasteiger partial charge on any atom is 0.255 e. The lowest BCUT2D eigenvalue weighted by molar-refractivity contribution is -0.164. The summed E-state index contributed by atoms with van der Waals surface area (Å²) in [6.45, 7) is 10.1. The largest absolute Gasteiger partial charge is 0.496 e. The van der Waals surface area contributed by atoms with Crippen molar-refractivity contribution < 1.29 is 42.9 Å². The van der Waals surface area contributed by atoms with Gasteiger partial charge in [0.05, 0.1) is 37.6 Å². The first kappa shape index (κ1) is 41.4. The maximum absolute atomic E-state index is 13.5. The van der Waals surface area contributed by atoms with Crippen molar-refractivity contribution in [3.8, 4) is 29.1 Å². The highest BCUT2D eigenvalue weighted by atomic mass is 16.5. The van der Waals surface area contributed by atoms with Gasteiger partial charge in [-0.3, -0.25) is 24.5 Å². The second-order valence-corrected chi connectivity index (χ2v) is 17.1. The fraction of sp³-hybridized carbons (Fsp3) is 0.489. The number of hydrogen-bond acceptors (Lipinski definition) is 11. The number of hydrogen-bond donors (Lipinski definition) is 3. The molecular formula is C45H53N5O9. The zero-order valence-corrected chi connectivity index (χ0v) is 34.5. The summed E-state index contributed by atoms with van der Waals surface area (Å²) >= 11 is 0. The van der Waals surface area contributed by atoms with Crippen molar-refractivity contribution in [3.63, 3.8) is 0 Å². The number of carbonyl (C=O) groups is 4. The molecule has 14 heteroatoms. The fourth-order valence-electron chi connectivity index (χ4n) is 9.25. The number of nitrogens with one attached hydrogen (secondary N) is 3. The summed E-state index contributed by atoms with van der Waals surface area (Å²) < 4.78 is 29.9. The van der Waals surface area contributed by atoms with Gasteiger partial charge in [0.15, 0.2) is 0 Å². The molecule has 2 saturated carbocycles. The number of imide groups is 1. The van der Waals surface area contributed by atoms with E-state index in [0.717, 1.165) is 44.5 Å². The van der Waals surface area contributed by atoms with Crippen molar-refractivity contribution in [2.24, 2.45) is 10.8 Å². The molecule has 4 amide bonds. The molecule has 3 N–H and O–H groups in total. The third kappa shape index (κ3) is 8.66. The number of nitrogens with zero attached hydrogens (tertiary/aromatic N) is 2. The molecule has 1 unspecified atom stereocenters. The average molecular weight is 808 g/mol. The second kappa shape index (κ2) is 16.8. The number of amides is 4. The summed E-state index contributed by atoms with van der Waals surface area (Å²) in [5.41, 5.74) is 1.68. The second-order valence-electron chi connectivity index (χ2n) is 17.1. The lowest BCUT2D eigenvalue weighted by Crippen LogP contribution is -2.74. The van der Waals surface area contributed by atoms with Crippen LogP contribution >= 0.6 is 0 Å². The highest BCUT2D eigenvalue weighted by molar-refractivity contribution is 6.04. The summed E-state index contributed by atoms with van der Waals surface area (Å²) in [6, 6.07) is 19.2. The van der Waals surface area contributed by atoms with E-state index in [1.807, 2.05) is 24.3 Å². The van der Waals surface area contributed by atoms with Crippen molar-refractivity contribution in [2.75, 3.05) is 32.2 Å². The van der Waals surface area contributed by atoms with E-state index >= 15 is 0 Å². The van der Waals surface area contributed by atoms with Gasteiger partial charge in [-0.05, 0) is 67.8 Å². The average Bonchev–Trinajstić information content (AvgIpc) is 3.21. The molecule has 4 aliphatic rings. The Kier molecular flexibility index (Phi) is 11.8. The van der Waals surface area contributed by atoms with Crippen molar-refractivity contribution >= 4 is 29.3 Å². The van der Waals surface area contributed by atoms with Gasteiger partial charge in [-0.1, -0.05) is 27.7 Å². The minimum Gasteiger partial charge on any atom is -0.496 e. The van der Waals surface area contributed by atoms with Gasteiger partial charge >= 0.3 is 0 Å². The van der Waals surface area contributed by atoms with E-state index in [0.29, 0.717) is 34.1 Å². The van der Waals surface area contributed by atoms with Gasteiger partial charge in [-0.15, -0.1) is 0 Å². The molecule has 2 saturated heterocycles. The first-order chi connectivity index (χ1) is 28.2. The van der Waals surface area contributed by atoms with Gasteiger partial charge in [0.2, 0.25) is 11.8 Å². The Morgan fingerprint density at radius 2 is 1.42 bits per heavy atom. The first-order valence-corrected chi connectivity index (χ1v) is 20.3. The standard InChI is InChI=1S/C45H53N5O9/c1-44(2)42(45(3,4)43(44)59-31-12-9-27(25-46)36(23-31)55-5)49-39(52)26-7-10-28(11-8-26)50-19-17-29(18-20-50)57-32-21-33(22-32)58-30-13-14-34(37(24-30)56-6)40(53)47-35-15-16-38(51)48-41(35)54/h7-14,23-24,29,32-33,35,42-43H,15-22H2,1-6H3,(H,47,53)(H,49,52)(H,48,51,54)/t32-,33-,35?,42-,43-. The van der Waals surface area contributed by atoms with Crippen LogP contribution < -0.4 is 39.8 Å². The number of carbonyl (C=O) groups excluding carboxylic acids is 4. The van der Waals surface area contributed by atoms with Crippen LogP contribution in [-0.4, -0.2) is 87.4 Å². The molecule has 1 atom stereocenters. The lowest BCUT2D eigenvalue weighted by atomic mass is 9.49. The highest BCUT2D eigenvalue weighted by Gasteiger charge is 2.64. The summed E-state index contributed by atoms with van der Waals surface area (Å²) in [5, 5.41) is 17.5. The smallest absolute Gasteiger partial charge is 0.255 e.